The van der Waals surface area contributed by atoms with E-state index in [1.807, 2.05) is 45.9 Å². The summed E-state index contributed by atoms with van der Waals surface area (Å²) in [5.74, 6) is 1.02. The molecule has 20 heavy (non-hydrogen) atoms. The van der Waals surface area contributed by atoms with E-state index in [0.29, 0.717) is 24.7 Å². The van der Waals surface area contributed by atoms with Gasteiger partial charge in [0.05, 0.1) is 19.3 Å². The lowest BCUT2D eigenvalue weighted by Crippen LogP contribution is -2.08. The normalized spacial score (nSPS) is 10.8. The van der Waals surface area contributed by atoms with Gasteiger partial charge in [-0.3, -0.25) is 0 Å². The molecule has 1 aromatic rings. The Balaban J connectivity index is 2.83. The van der Waals surface area contributed by atoms with Crippen molar-refractivity contribution in [3.63, 3.8) is 0 Å². The van der Waals surface area contributed by atoms with Crippen molar-refractivity contribution in [2.24, 2.45) is 0 Å². The fourth-order valence-electron chi connectivity index (χ4n) is 1.61. The van der Waals surface area contributed by atoms with Crippen LogP contribution in [0.3, 0.4) is 0 Å². The van der Waals surface area contributed by atoms with Gasteiger partial charge in [0.1, 0.15) is 0 Å². The van der Waals surface area contributed by atoms with Crippen LogP contribution in [0.15, 0.2) is 24.3 Å². The van der Waals surface area contributed by atoms with Gasteiger partial charge in [0.25, 0.3) is 0 Å². The van der Waals surface area contributed by atoms with Gasteiger partial charge in [-0.05, 0) is 51.5 Å². The van der Waals surface area contributed by atoms with Crippen LogP contribution in [0.5, 0.6) is 11.5 Å². The van der Waals surface area contributed by atoms with E-state index in [1.54, 1.807) is 6.08 Å². The minimum Gasteiger partial charge on any atom is -0.490 e. The Morgan fingerprint density at radius 2 is 1.80 bits per heavy atom. The zero-order valence-electron chi connectivity index (χ0n) is 12.5. The zero-order chi connectivity index (χ0) is 15.0. The predicted octanol–water partition coefficient (Wildman–Crippen LogP) is 3.45. The molecular formula is C16H22O4. The summed E-state index contributed by atoms with van der Waals surface area (Å²) in [4.78, 5) is 11.4. The fourth-order valence-corrected chi connectivity index (χ4v) is 1.61. The van der Waals surface area contributed by atoms with E-state index < -0.39 is 0 Å². The second-order valence-corrected chi connectivity index (χ2v) is 4.39. The van der Waals surface area contributed by atoms with Gasteiger partial charge in [-0.15, -0.1) is 0 Å². The smallest absolute Gasteiger partial charge is 0.331 e. The summed E-state index contributed by atoms with van der Waals surface area (Å²) in [7, 11) is 0. The largest absolute Gasteiger partial charge is 0.490 e. The van der Waals surface area contributed by atoms with Crippen molar-refractivity contribution in [1.82, 2.24) is 0 Å². The number of esters is 1. The lowest BCUT2D eigenvalue weighted by Gasteiger charge is -2.11. The molecule has 0 radical (unpaired) electrons. The molecule has 0 N–H and O–H groups in total. The molecule has 0 aliphatic heterocycles. The lowest BCUT2D eigenvalue weighted by molar-refractivity contribution is -0.141. The summed E-state index contributed by atoms with van der Waals surface area (Å²) in [5, 5.41) is 0. The van der Waals surface area contributed by atoms with Gasteiger partial charge < -0.3 is 14.2 Å². The van der Waals surface area contributed by atoms with Crippen LogP contribution in [-0.2, 0) is 9.53 Å². The molecule has 0 amide bonds. The highest BCUT2D eigenvalue weighted by molar-refractivity contribution is 5.87. The maximum atomic E-state index is 11.4. The minimum absolute atomic E-state index is 0.119. The van der Waals surface area contributed by atoms with Crippen molar-refractivity contribution in [1.29, 1.82) is 0 Å². The van der Waals surface area contributed by atoms with Crippen LogP contribution in [-0.4, -0.2) is 25.3 Å². The first-order chi connectivity index (χ1) is 9.56. The predicted molar refractivity (Wildman–Crippen MR) is 79.0 cm³/mol. The molecule has 0 saturated heterocycles. The Bertz CT molecular complexity index is 464. The number of hydrogen-bond acceptors (Lipinski definition) is 4. The Morgan fingerprint density at radius 3 is 2.40 bits per heavy atom. The molecule has 0 aliphatic rings. The van der Waals surface area contributed by atoms with E-state index in [9.17, 15) is 4.79 Å². The van der Waals surface area contributed by atoms with Crippen molar-refractivity contribution in [3.8, 4) is 11.5 Å². The first-order valence-corrected chi connectivity index (χ1v) is 6.85. The molecular weight excluding hydrogens is 256 g/mol. The molecule has 0 atom stereocenters. The highest BCUT2D eigenvalue weighted by Gasteiger charge is 2.05. The summed E-state index contributed by atoms with van der Waals surface area (Å²) < 4.78 is 16.0. The van der Waals surface area contributed by atoms with Crippen LogP contribution in [0.2, 0.25) is 0 Å². The molecule has 4 nitrogen and oxygen atoms in total. The third-order valence-electron chi connectivity index (χ3n) is 2.33. The van der Waals surface area contributed by atoms with Crippen LogP contribution in [0.1, 0.15) is 33.3 Å². The van der Waals surface area contributed by atoms with E-state index in [0.717, 1.165) is 5.56 Å². The van der Waals surface area contributed by atoms with Crippen LogP contribution in [0.25, 0.3) is 6.08 Å². The maximum absolute atomic E-state index is 11.4. The number of carbonyl (C=O) groups excluding carboxylic acids is 1. The van der Waals surface area contributed by atoms with E-state index in [4.69, 9.17) is 14.2 Å². The van der Waals surface area contributed by atoms with Gasteiger partial charge >= 0.3 is 5.97 Å². The zero-order valence-corrected chi connectivity index (χ0v) is 12.5. The Kier molecular flexibility index (Phi) is 6.64. The van der Waals surface area contributed by atoms with E-state index in [1.165, 1.54) is 6.08 Å². The fraction of sp³-hybridized carbons (Fsp3) is 0.438. The van der Waals surface area contributed by atoms with E-state index in [-0.39, 0.29) is 12.1 Å². The van der Waals surface area contributed by atoms with Gasteiger partial charge in [-0.1, -0.05) is 6.07 Å². The summed E-state index contributed by atoms with van der Waals surface area (Å²) in [5.41, 5.74) is 0.859. The van der Waals surface area contributed by atoms with Gasteiger partial charge in [-0.2, -0.15) is 0 Å². The Hall–Kier alpha value is -1.97. The van der Waals surface area contributed by atoms with E-state index >= 15 is 0 Å². The summed E-state index contributed by atoms with van der Waals surface area (Å²) in [6.45, 7) is 8.61. The second kappa shape index (κ2) is 8.25. The number of carbonyl (C=O) groups is 1. The first-order valence-electron chi connectivity index (χ1n) is 6.85. The first kappa shape index (κ1) is 16.1. The van der Waals surface area contributed by atoms with Crippen molar-refractivity contribution in [2.75, 3.05) is 13.2 Å². The highest BCUT2D eigenvalue weighted by atomic mass is 16.5. The standard InChI is InChI=1S/C16H22O4/c1-5-18-14-9-7-13(11-15(14)19-6-2)8-10-16(17)20-12(3)4/h7-12H,5-6H2,1-4H3/b10-8+. The molecule has 1 rings (SSSR count). The molecule has 0 spiro atoms. The number of hydrogen-bond donors (Lipinski definition) is 0. The maximum Gasteiger partial charge on any atom is 0.331 e. The molecule has 1 aromatic carbocycles. The minimum atomic E-state index is -0.355. The van der Waals surface area contributed by atoms with Gasteiger partial charge in [0, 0.05) is 6.08 Å². The van der Waals surface area contributed by atoms with Gasteiger partial charge in [0.15, 0.2) is 11.5 Å². The molecule has 4 heteroatoms. The molecule has 0 saturated carbocycles. The third-order valence-corrected chi connectivity index (χ3v) is 2.33. The van der Waals surface area contributed by atoms with Crippen molar-refractivity contribution >= 4 is 12.0 Å². The third kappa shape index (κ3) is 5.34. The summed E-state index contributed by atoms with van der Waals surface area (Å²) >= 11 is 0. The SMILES string of the molecule is CCOc1ccc(/C=C/C(=O)OC(C)C)cc1OCC. The molecule has 0 heterocycles. The molecule has 0 unspecified atom stereocenters. The van der Waals surface area contributed by atoms with Crippen molar-refractivity contribution in [2.45, 2.75) is 33.8 Å². The molecule has 0 aromatic heterocycles. The Morgan fingerprint density at radius 1 is 1.15 bits per heavy atom. The van der Waals surface area contributed by atoms with Crippen molar-refractivity contribution < 1.29 is 19.0 Å². The summed E-state index contributed by atoms with van der Waals surface area (Å²) in [6, 6.07) is 5.54. The molecule has 0 aliphatic carbocycles. The monoisotopic (exact) mass is 278 g/mol. The molecule has 0 bridgehead atoms. The topological polar surface area (TPSA) is 44.8 Å². The second-order valence-electron chi connectivity index (χ2n) is 4.39. The number of benzene rings is 1. The van der Waals surface area contributed by atoms with Crippen LogP contribution in [0, 0.1) is 0 Å². The molecule has 0 fully saturated rings. The van der Waals surface area contributed by atoms with Crippen LogP contribution >= 0.6 is 0 Å². The average Bonchev–Trinajstić information content (AvgIpc) is 2.39. The Labute approximate surface area is 120 Å². The summed E-state index contributed by atoms with van der Waals surface area (Å²) in [6.07, 6.45) is 2.99. The van der Waals surface area contributed by atoms with E-state index in [2.05, 4.69) is 0 Å². The van der Waals surface area contributed by atoms with Crippen LogP contribution < -0.4 is 9.47 Å². The van der Waals surface area contributed by atoms with Gasteiger partial charge in [0.2, 0.25) is 0 Å². The molecule has 110 valence electrons. The number of rotatable bonds is 7. The van der Waals surface area contributed by atoms with Gasteiger partial charge in [-0.25, -0.2) is 4.79 Å². The number of ether oxygens (including phenoxy) is 3. The van der Waals surface area contributed by atoms with Crippen LogP contribution in [0.4, 0.5) is 0 Å². The highest BCUT2D eigenvalue weighted by Crippen LogP contribution is 2.28. The quantitative estimate of drug-likeness (QED) is 0.566. The average molecular weight is 278 g/mol. The lowest BCUT2D eigenvalue weighted by atomic mass is 10.2. The van der Waals surface area contributed by atoms with Crippen molar-refractivity contribution in [3.05, 3.63) is 29.8 Å².